The van der Waals surface area contributed by atoms with Crippen molar-refractivity contribution in [1.82, 2.24) is 4.83 Å². The Morgan fingerprint density at radius 2 is 1.62 bits per heavy atom. The van der Waals surface area contributed by atoms with E-state index in [1.165, 1.54) is 48.7 Å². The predicted molar refractivity (Wildman–Crippen MR) is 116 cm³/mol. The average Bonchev–Trinajstić information content (AvgIpc) is 2.74. The molecule has 0 amide bonds. The van der Waals surface area contributed by atoms with Crippen LogP contribution in [0.2, 0.25) is 0 Å². The van der Waals surface area contributed by atoms with Crippen molar-refractivity contribution in [3.63, 3.8) is 0 Å². The van der Waals surface area contributed by atoms with Gasteiger partial charge in [-0.2, -0.15) is 21.9 Å². The molecule has 3 aromatic carbocycles. The number of hydrazone groups is 1. The molecule has 0 aliphatic heterocycles. The van der Waals surface area contributed by atoms with E-state index in [-0.39, 0.29) is 15.5 Å². The van der Waals surface area contributed by atoms with Crippen LogP contribution in [0, 0.1) is 17.0 Å². The lowest BCUT2D eigenvalue weighted by Crippen LogP contribution is -2.18. The summed E-state index contributed by atoms with van der Waals surface area (Å²) in [4.78, 5) is 11.9. The maximum atomic E-state index is 12.4. The molecule has 166 valence electrons. The number of nitrogens with one attached hydrogen (secondary N) is 1. The van der Waals surface area contributed by atoms with Crippen LogP contribution in [0.15, 0.2) is 87.7 Å². The van der Waals surface area contributed by atoms with Gasteiger partial charge in [0.2, 0.25) is 0 Å². The molecular weight excluding hydrogens is 458 g/mol. The van der Waals surface area contributed by atoms with Gasteiger partial charge in [-0.05, 0) is 42.8 Å². The molecule has 0 radical (unpaired) electrons. The zero-order chi connectivity index (χ0) is 23.4. The van der Waals surface area contributed by atoms with Crippen LogP contribution in [0.3, 0.4) is 0 Å². The average molecular weight is 476 g/mol. The van der Waals surface area contributed by atoms with Crippen molar-refractivity contribution < 1.29 is 25.9 Å². The number of nitro benzene ring substituents is 1. The maximum Gasteiger partial charge on any atom is 0.339 e. The molecule has 0 unspecified atom stereocenters. The molecule has 3 aromatic rings. The Morgan fingerprint density at radius 3 is 2.31 bits per heavy atom. The zero-order valence-electron chi connectivity index (χ0n) is 16.6. The van der Waals surface area contributed by atoms with E-state index < -0.39 is 30.8 Å². The van der Waals surface area contributed by atoms with Crippen LogP contribution in [-0.4, -0.2) is 28.0 Å². The van der Waals surface area contributed by atoms with Gasteiger partial charge in [-0.25, -0.2) is 4.83 Å². The zero-order valence-corrected chi connectivity index (χ0v) is 18.2. The second-order valence-electron chi connectivity index (χ2n) is 6.53. The van der Waals surface area contributed by atoms with Gasteiger partial charge in [-0.15, -0.1) is 0 Å². The first kappa shape index (κ1) is 22.9. The lowest BCUT2D eigenvalue weighted by atomic mass is 10.2. The molecule has 0 aliphatic carbocycles. The largest absolute Gasteiger partial charge is 0.379 e. The van der Waals surface area contributed by atoms with Crippen molar-refractivity contribution in [1.29, 1.82) is 0 Å². The topological polar surface area (TPSA) is 145 Å². The summed E-state index contributed by atoms with van der Waals surface area (Å²) in [6.45, 7) is 1.83. The molecule has 0 heterocycles. The van der Waals surface area contributed by atoms with Crippen LogP contribution in [0.4, 0.5) is 5.69 Å². The van der Waals surface area contributed by atoms with Crippen LogP contribution in [0.5, 0.6) is 5.75 Å². The number of hydrogen-bond acceptors (Lipinski definition) is 8. The van der Waals surface area contributed by atoms with Gasteiger partial charge in [-0.1, -0.05) is 35.9 Å². The molecule has 0 aliphatic rings. The molecule has 0 bridgehead atoms. The summed E-state index contributed by atoms with van der Waals surface area (Å²) in [5.41, 5.74) is 0.865. The van der Waals surface area contributed by atoms with E-state index in [1.807, 2.05) is 6.92 Å². The quantitative estimate of drug-likeness (QED) is 0.228. The van der Waals surface area contributed by atoms with E-state index in [4.69, 9.17) is 4.18 Å². The molecule has 0 aromatic heterocycles. The molecule has 3 rings (SSSR count). The summed E-state index contributed by atoms with van der Waals surface area (Å²) in [6.07, 6.45) is 1.18. The van der Waals surface area contributed by atoms with Crippen LogP contribution >= 0.6 is 0 Å². The van der Waals surface area contributed by atoms with E-state index in [0.717, 1.165) is 17.7 Å². The van der Waals surface area contributed by atoms with Crippen LogP contribution in [0.1, 0.15) is 11.1 Å². The number of non-ortho nitro benzene ring substituents is 1. The Kier molecular flexibility index (Phi) is 6.55. The molecule has 12 heteroatoms. The Hall–Kier alpha value is -3.77. The number of sulfonamides is 1. The van der Waals surface area contributed by atoms with Crippen molar-refractivity contribution >= 4 is 32.0 Å². The number of benzene rings is 3. The summed E-state index contributed by atoms with van der Waals surface area (Å²) in [5.74, 6) is -0.0816. The molecule has 32 heavy (non-hydrogen) atoms. The SMILES string of the molecule is Cc1ccc(S(=O)(=O)N/N=C/c2cccc(OS(=O)(=O)c3cccc([N+](=O)[O-])c3)c2)cc1. The van der Waals surface area contributed by atoms with Gasteiger partial charge in [0, 0.05) is 12.1 Å². The fourth-order valence-electron chi connectivity index (χ4n) is 2.51. The van der Waals surface area contributed by atoms with Gasteiger partial charge in [0.1, 0.15) is 10.6 Å². The fourth-order valence-corrected chi connectivity index (χ4v) is 4.27. The molecule has 0 atom stereocenters. The Labute approximate surface area is 184 Å². The van der Waals surface area contributed by atoms with Crippen LogP contribution < -0.4 is 9.01 Å². The first-order valence-corrected chi connectivity index (χ1v) is 11.9. The first-order chi connectivity index (χ1) is 15.1. The second kappa shape index (κ2) is 9.16. The number of rotatable bonds is 8. The van der Waals surface area contributed by atoms with Crippen LogP contribution in [-0.2, 0) is 20.1 Å². The van der Waals surface area contributed by atoms with Gasteiger partial charge in [0.15, 0.2) is 0 Å². The standard InChI is InChI=1S/C20H17N3O7S2/c1-15-8-10-19(11-9-15)31(26,27)22-21-14-16-4-2-6-18(12-16)30-32(28,29)20-7-3-5-17(13-20)23(24)25/h2-14,22H,1H3/b21-14+. The van der Waals surface area contributed by atoms with E-state index >= 15 is 0 Å². The minimum atomic E-state index is -4.33. The predicted octanol–water partition coefficient (Wildman–Crippen LogP) is 2.98. The first-order valence-electron chi connectivity index (χ1n) is 8.97. The lowest BCUT2D eigenvalue weighted by Gasteiger charge is -2.07. The van der Waals surface area contributed by atoms with Crippen molar-refractivity contribution in [2.24, 2.45) is 5.10 Å². The number of nitro groups is 1. The third kappa shape index (κ3) is 5.68. The lowest BCUT2D eigenvalue weighted by molar-refractivity contribution is -0.385. The van der Waals surface area contributed by atoms with Gasteiger partial charge in [0.05, 0.1) is 16.0 Å². The molecule has 10 nitrogen and oxygen atoms in total. The molecular formula is C20H17N3O7S2. The normalized spacial score (nSPS) is 11.9. The Balaban J connectivity index is 1.74. The number of hydrogen-bond donors (Lipinski definition) is 1. The fraction of sp³-hybridized carbons (Fsp3) is 0.0500. The summed E-state index contributed by atoms with van der Waals surface area (Å²) in [7, 11) is -8.19. The monoisotopic (exact) mass is 475 g/mol. The van der Waals surface area contributed by atoms with E-state index in [2.05, 4.69) is 9.93 Å². The highest BCUT2D eigenvalue weighted by molar-refractivity contribution is 7.89. The summed E-state index contributed by atoms with van der Waals surface area (Å²) >= 11 is 0. The Bertz CT molecular complexity index is 1380. The van der Waals surface area contributed by atoms with Gasteiger partial charge < -0.3 is 4.18 Å². The molecule has 0 saturated carbocycles. The second-order valence-corrected chi connectivity index (χ2v) is 9.74. The van der Waals surface area contributed by atoms with Gasteiger partial charge in [0.25, 0.3) is 15.7 Å². The number of aryl methyl sites for hydroxylation is 1. The van der Waals surface area contributed by atoms with Crippen molar-refractivity contribution in [2.75, 3.05) is 0 Å². The van der Waals surface area contributed by atoms with Gasteiger partial charge >= 0.3 is 10.1 Å². The Morgan fingerprint density at radius 1 is 0.938 bits per heavy atom. The van der Waals surface area contributed by atoms with Crippen molar-refractivity contribution in [3.8, 4) is 5.75 Å². The van der Waals surface area contributed by atoms with Crippen LogP contribution in [0.25, 0.3) is 0 Å². The molecule has 0 saturated heterocycles. The highest BCUT2D eigenvalue weighted by Gasteiger charge is 2.20. The highest BCUT2D eigenvalue weighted by atomic mass is 32.2. The molecule has 0 spiro atoms. The smallest absolute Gasteiger partial charge is 0.339 e. The highest BCUT2D eigenvalue weighted by Crippen LogP contribution is 2.22. The summed E-state index contributed by atoms with van der Waals surface area (Å²) in [6, 6.07) is 16.4. The van der Waals surface area contributed by atoms with E-state index in [1.54, 1.807) is 18.2 Å². The maximum absolute atomic E-state index is 12.4. The summed E-state index contributed by atoms with van der Waals surface area (Å²) in [5, 5.41) is 14.6. The van der Waals surface area contributed by atoms with E-state index in [9.17, 15) is 26.9 Å². The van der Waals surface area contributed by atoms with E-state index in [0.29, 0.717) is 5.56 Å². The molecule has 1 N–H and O–H groups in total. The number of nitrogens with zero attached hydrogens (tertiary/aromatic N) is 2. The summed E-state index contributed by atoms with van der Waals surface area (Å²) < 4.78 is 54.4. The van der Waals surface area contributed by atoms with Crippen molar-refractivity contribution in [3.05, 3.63) is 94.0 Å². The minimum absolute atomic E-state index is 0.0420. The molecule has 0 fully saturated rings. The minimum Gasteiger partial charge on any atom is -0.379 e. The third-order valence-electron chi connectivity index (χ3n) is 4.10. The van der Waals surface area contributed by atoms with Crippen molar-refractivity contribution in [2.45, 2.75) is 16.7 Å². The third-order valence-corrected chi connectivity index (χ3v) is 6.58. The van der Waals surface area contributed by atoms with Gasteiger partial charge in [-0.3, -0.25) is 10.1 Å².